The number of ether oxygens (including phenoxy) is 2. The Morgan fingerprint density at radius 2 is 1.79 bits per heavy atom. The van der Waals surface area contributed by atoms with Gasteiger partial charge in [-0.15, -0.1) is 0 Å². The summed E-state index contributed by atoms with van der Waals surface area (Å²) in [4.78, 5) is 0. The number of rotatable bonds is 4. The molecule has 0 unspecified atom stereocenters. The summed E-state index contributed by atoms with van der Waals surface area (Å²) in [6.45, 7) is 2.54. The number of hydrogen-bond acceptors (Lipinski definition) is 3. The van der Waals surface area contributed by atoms with Crippen LogP contribution in [0.25, 0.3) is 11.1 Å². The second-order valence-electron chi connectivity index (χ2n) is 4.41. The highest BCUT2D eigenvalue weighted by Crippen LogP contribution is 2.30. The number of aryl methyl sites for hydroxylation is 1. The Kier molecular flexibility index (Phi) is 4.07. The Bertz CT molecular complexity index is 579. The molecule has 19 heavy (non-hydrogen) atoms. The summed E-state index contributed by atoms with van der Waals surface area (Å²) in [6.07, 6.45) is 0. The van der Waals surface area contributed by atoms with Crippen molar-refractivity contribution in [2.75, 3.05) is 14.2 Å². The van der Waals surface area contributed by atoms with Crippen LogP contribution in [0.3, 0.4) is 0 Å². The summed E-state index contributed by atoms with van der Waals surface area (Å²) in [5.74, 6) is 1.70. The van der Waals surface area contributed by atoms with Crippen LogP contribution in [0, 0.1) is 6.92 Å². The average Bonchev–Trinajstić information content (AvgIpc) is 2.46. The molecule has 3 nitrogen and oxygen atoms in total. The summed E-state index contributed by atoms with van der Waals surface area (Å²) in [6, 6.07) is 12.1. The SMILES string of the molecule is COc1ccc(-c2ccc(OC)c(CN)c2)c(C)c1. The molecule has 0 aliphatic carbocycles. The normalized spacial score (nSPS) is 10.3. The van der Waals surface area contributed by atoms with Crippen LogP contribution in [-0.2, 0) is 6.54 Å². The van der Waals surface area contributed by atoms with Crippen molar-refractivity contribution in [2.24, 2.45) is 5.73 Å². The van der Waals surface area contributed by atoms with E-state index in [1.165, 1.54) is 11.1 Å². The zero-order valence-corrected chi connectivity index (χ0v) is 11.6. The molecule has 0 bridgehead atoms. The first-order valence-electron chi connectivity index (χ1n) is 6.21. The number of methoxy groups -OCH3 is 2. The molecule has 0 heterocycles. The molecule has 0 saturated heterocycles. The van der Waals surface area contributed by atoms with Crippen molar-refractivity contribution in [3.63, 3.8) is 0 Å². The minimum atomic E-state index is 0.464. The fourth-order valence-corrected chi connectivity index (χ4v) is 2.19. The lowest BCUT2D eigenvalue weighted by Crippen LogP contribution is -2.00. The average molecular weight is 257 g/mol. The zero-order valence-electron chi connectivity index (χ0n) is 11.6. The van der Waals surface area contributed by atoms with Gasteiger partial charge in [0.15, 0.2) is 0 Å². The molecule has 2 aromatic rings. The van der Waals surface area contributed by atoms with Crippen LogP contribution in [-0.4, -0.2) is 14.2 Å². The second-order valence-corrected chi connectivity index (χ2v) is 4.41. The molecular weight excluding hydrogens is 238 g/mol. The quantitative estimate of drug-likeness (QED) is 0.915. The van der Waals surface area contributed by atoms with E-state index in [1.807, 2.05) is 24.3 Å². The lowest BCUT2D eigenvalue weighted by Gasteiger charge is -2.12. The third-order valence-corrected chi connectivity index (χ3v) is 3.24. The molecule has 0 saturated carbocycles. The number of nitrogens with two attached hydrogens (primary N) is 1. The van der Waals surface area contributed by atoms with E-state index in [0.717, 1.165) is 22.6 Å². The van der Waals surface area contributed by atoms with E-state index in [0.29, 0.717) is 6.54 Å². The van der Waals surface area contributed by atoms with E-state index < -0.39 is 0 Å². The summed E-state index contributed by atoms with van der Waals surface area (Å²) in [7, 11) is 3.33. The maximum absolute atomic E-state index is 5.76. The molecule has 0 amide bonds. The van der Waals surface area contributed by atoms with Crippen LogP contribution < -0.4 is 15.2 Å². The molecule has 0 fully saturated rings. The van der Waals surface area contributed by atoms with Gasteiger partial charge in [-0.25, -0.2) is 0 Å². The number of benzene rings is 2. The molecular formula is C16H19NO2. The molecule has 0 atom stereocenters. The molecule has 0 aromatic heterocycles. The zero-order chi connectivity index (χ0) is 13.8. The summed E-state index contributed by atoms with van der Waals surface area (Å²) >= 11 is 0. The first kappa shape index (κ1) is 13.4. The third-order valence-electron chi connectivity index (χ3n) is 3.24. The van der Waals surface area contributed by atoms with Crippen molar-refractivity contribution < 1.29 is 9.47 Å². The monoisotopic (exact) mass is 257 g/mol. The molecule has 0 aliphatic rings. The third kappa shape index (κ3) is 2.71. The van der Waals surface area contributed by atoms with E-state index in [2.05, 4.69) is 19.1 Å². The lowest BCUT2D eigenvalue weighted by molar-refractivity contribution is 0.410. The van der Waals surface area contributed by atoms with E-state index >= 15 is 0 Å². The molecule has 0 aliphatic heterocycles. The minimum absolute atomic E-state index is 0.464. The van der Waals surface area contributed by atoms with E-state index in [-0.39, 0.29) is 0 Å². The van der Waals surface area contributed by atoms with Crippen molar-refractivity contribution in [3.05, 3.63) is 47.5 Å². The smallest absolute Gasteiger partial charge is 0.123 e. The molecule has 2 aromatic carbocycles. The van der Waals surface area contributed by atoms with Gasteiger partial charge in [0.2, 0.25) is 0 Å². The standard InChI is InChI=1S/C16H19NO2/c1-11-8-14(18-2)5-6-15(11)12-4-7-16(19-3)13(9-12)10-17/h4-9H,10,17H2,1-3H3. The molecule has 0 radical (unpaired) electrons. The van der Waals surface area contributed by atoms with Crippen molar-refractivity contribution >= 4 is 0 Å². The predicted molar refractivity (Wildman–Crippen MR) is 77.6 cm³/mol. The molecule has 100 valence electrons. The number of hydrogen-bond donors (Lipinski definition) is 1. The van der Waals surface area contributed by atoms with Gasteiger partial charge in [0, 0.05) is 12.1 Å². The first-order chi connectivity index (χ1) is 9.19. The van der Waals surface area contributed by atoms with Gasteiger partial charge >= 0.3 is 0 Å². The van der Waals surface area contributed by atoms with Gasteiger partial charge in [0.25, 0.3) is 0 Å². The Morgan fingerprint density at radius 1 is 1.00 bits per heavy atom. The first-order valence-corrected chi connectivity index (χ1v) is 6.21. The van der Waals surface area contributed by atoms with E-state index in [4.69, 9.17) is 15.2 Å². The molecule has 2 rings (SSSR count). The fourth-order valence-electron chi connectivity index (χ4n) is 2.19. The summed E-state index contributed by atoms with van der Waals surface area (Å²) < 4.78 is 10.5. The van der Waals surface area contributed by atoms with Crippen molar-refractivity contribution in [1.82, 2.24) is 0 Å². The maximum atomic E-state index is 5.76. The van der Waals surface area contributed by atoms with Crippen molar-refractivity contribution in [1.29, 1.82) is 0 Å². The van der Waals surface area contributed by atoms with Gasteiger partial charge in [-0.05, 0) is 47.9 Å². The fraction of sp³-hybridized carbons (Fsp3) is 0.250. The van der Waals surface area contributed by atoms with Gasteiger partial charge in [-0.2, -0.15) is 0 Å². The van der Waals surface area contributed by atoms with Crippen LogP contribution in [0.5, 0.6) is 11.5 Å². The van der Waals surface area contributed by atoms with Gasteiger partial charge in [0.05, 0.1) is 14.2 Å². The Labute approximate surface area is 114 Å². The van der Waals surface area contributed by atoms with Crippen LogP contribution >= 0.6 is 0 Å². The van der Waals surface area contributed by atoms with Crippen molar-refractivity contribution in [3.8, 4) is 22.6 Å². The molecule has 3 heteroatoms. The van der Waals surface area contributed by atoms with Crippen LogP contribution in [0.15, 0.2) is 36.4 Å². The van der Waals surface area contributed by atoms with Crippen LogP contribution in [0.1, 0.15) is 11.1 Å². The van der Waals surface area contributed by atoms with E-state index in [9.17, 15) is 0 Å². The Hall–Kier alpha value is -2.00. The highest BCUT2D eigenvalue weighted by molar-refractivity contribution is 5.69. The summed E-state index contributed by atoms with van der Waals surface area (Å²) in [5, 5.41) is 0. The van der Waals surface area contributed by atoms with E-state index in [1.54, 1.807) is 14.2 Å². The highest BCUT2D eigenvalue weighted by atomic mass is 16.5. The van der Waals surface area contributed by atoms with Crippen LogP contribution in [0.4, 0.5) is 0 Å². The van der Waals surface area contributed by atoms with Gasteiger partial charge in [0.1, 0.15) is 11.5 Å². The maximum Gasteiger partial charge on any atom is 0.123 e. The topological polar surface area (TPSA) is 44.5 Å². The Morgan fingerprint density at radius 3 is 2.37 bits per heavy atom. The molecule has 2 N–H and O–H groups in total. The molecule has 0 spiro atoms. The second kappa shape index (κ2) is 5.76. The van der Waals surface area contributed by atoms with Gasteiger partial charge in [-0.3, -0.25) is 0 Å². The van der Waals surface area contributed by atoms with Crippen molar-refractivity contribution in [2.45, 2.75) is 13.5 Å². The van der Waals surface area contributed by atoms with Crippen LogP contribution in [0.2, 0.25) is 0 Å². The summed E-state index contributed by atoms with van der Waals surface area (Å²) in [5.41, 5.74) is 10.3. The minimum Gasteiger partial charge on any atom is -0.497 e. The lowest BCUT2D eigenvalue weighted by atomic mass is 9.98. The Balaban J connectivity index is 2.47. The van der Waals surface area contributed by atoms with Gasteiger partial charge in [-0.1, -0.05) is 12.1 Å². The highest BCUT2D eigenvalue weighted by Gasteiger charge is 2.07. The van der Waals surface area contributed by atoms with Gasteiger partial charge < -0.3 is 15.2 Å². The predicted octanol–water partition coefficient (Wildman–Crippen LogP) is 3.14. The largest absolute Gasteiger partial charge is 0.497 e.